The number of likely N-dealkylation sites (tertiary alicyclic amines) is 1. The Bertz CT molecular complexity index is 1030. The fourth-order valence-corrected chi connectivity index (χ4v) is 5.04. The fraction of sp³-hybridized carbons (Fsp3) is 0.520. The molecule has 0 spiro atoms. The van der Waals surface area contributed by atoms with Crippen molar-refractivity contribution in [1.29, 1.82) is 0 Å². The van der Waals surface area contributed by atoms with Crippen molar-refractivity contribution in [1.82, 2.24) is 19.8 Å². The molecule has 8 nitrogen and oxygen atoms in total. The van der Waals surface area contributed by atoms with E-state index < -0.39 is 0 Å². The number of rotatable bonds is 5. The summed E-state index contributed by atoms with van der Waals surface area (Å²) in [7, 11) is 0. The maximum absolute atomic E-state index is 14.2. The van der Waals surface area contributed by atoms with E-state index in [1.807, 2.05) is 4.90 Å². The molecule has 3 saturated heterocycles. The molecule has 3 aliphatic heterocycles. The smallest absolute Gasteiger partial charge is 0.242 e. The highest BCUT2D eigenvalue weighted by molar-refractivity contribution is 5.85. The number of amides is 2. The number of nitrogens with zero attached hydrogens (tertiary/aromatic N) is 6. The van der Waals surface area contributed by atoms with Crippen LogP contribution in [0.15, 0.2) is 30.6 Å². The molecule has 0 aliphatic carbocycles. The highest BCUT2D eigenvalue weighted by atomic mass is 19.1. The molecule has 3 fully saturated rings. The second-order valence-electron chi connectivity index (χ2n) is 9.27. The van der Waals surface area contributed by atoms with E-state index in [0.717, 1.165) is 61.5 Å². The largest absolute Gasteiger partial charge is 0.367 e. The Morgan fingerprint density at radius 2 is 1.59 bits per heavy atom. The topological polar surface area (TPSA) is 72.9 Å². The Hall–Kier alpha value is -3.23. The summed E-state index contributed by atoms with van der Waals surface area (Å²) < 4.78 is 14.2. The molecule has 0 N–H and O–H groups in total. The van der Waals surface area contributed by atoms with Crippen molar-refractivity contribution in [2.75, 3.05) is 62.2 Å². The lowest BCUT2D eigenvalue weighted by molar-refractivity contribution is -0.142. The molecule has 0 unspecified atom stereocenters. The summed E-state index contributed by atoms with van der Waals surface area (Å²) in [6, 6.07) is 4.80. The monoisotopic (exact) mass is 466 g/mol. The zero-order chi connectivity index (χ0) is 23.5. The number of halogens is 1. The van der Waals surface area contributed by atoms with Gasteiger partial charge in [-0.05, 0) is 43.9 Å². The lowest BCUT2D eigenvalue weighted by atomic mass is 10.0. The molecule has 0 radical (unpaired) electrons. The van der Waals surface area contributed by atoms with Crippen LogP contribution in [0.4, 0.5) is 16.0 Å². The quantitative estimate of drug-likeness (QED) is 0.675. The molecule has 4 heterocycles. The first-order valence-corrected chi connectivity index (χ1v) is 12.3. The van der Waals surface area contributed by atoms with Gasteiger partial charge in [0.15, 0.2) is 0 Å². The molecule has 2 aromatic rings. The van der Waals surface area contributed by atoms with Gasteiger partial charge in [-0.15, -0.1) is 0 Å². The predicted molar refractivity (Wildman–Crippen MR) is 128 cm³/mol. The Labute approximate surface area is 199 Å². The van der Waals surface area contributed by atoms with Gasteiger partial charge in [0.05, 0.1) is 6.54 Å². The van der Waals surface area contributed by atoms with Crippen LogP contribution in [-0.2, 0) is 9.59 Å². The maximum Gasteiger partial charge on any atom is 0.242 e. The molecule has 2 amide bonds. The molecule has 1 aromatic carbocycles. The summed E-state index contributed by atoms with van der Waals surface area (Å²) in [5.41, 5.74) is 2.45. The van der Waals surface area contributed by atoms with Gasteiger partial charge in [0.25, 0.3) is 0 Å². The summed E-state index contributed by atoms with van der Waals surface area (Å²) in [6.45, 7) is 5.21. The van der Waals surface area contributed by atoms with Crippen molar-refractivity contribution < 1.29 is 14.0 Å². The number of hydrogen-bond donors (Lipinski definition) is 0. The standard InChI is InChI=1S/C25H31FN6O2/c26-20-6-7-22(21(15-20)19-16-27-25(28-17-19)31-8-3-4-9-31)29-11-13-30(14-12-29)24(34)18-32-10-2-1-5-23(32)33/h6-7,15-17H,1-5,8-14,18H2. The van der Waals surface area contributed by atoms with Gasteiger partial charge in [0.1, 0.15) is 5.82 Å². The maximum atomic E-state index is 14.2. The van der Waals surface area contributed by atoms with Crippen molar-refractivity contribution in [3.63, 3.8) is 0 Å². The zero-order valence-corrected chi connectivity index (χ0v) is 19.5. The van der Waals surface area contributed by atoms with Crippen LogP contribution < -0.4 is 9.80 Å². The third kappa shape index (κ3) is 4.83. The van der Waals surface area contributed by atoms with E-state index >= 15 is 0 Å². The molecular weight excluding hydrogens is 435 g/mol. The summed E-state index contributed by atoms with van der Waals surface area (Å²) in [4.78, 5) is 41.8. The number of carbonyl (C=O) groups excluding carboxylic acids is 2. The Balaban J connectivity index is 1.26. The first kappa shape index (κ1) is 22.6. The molecular formula is C25H31FN6O2. The Kier molecular flexibility index (Phi) is 6.60. The number of anilines is 2. The van der Waals surface area contributed by atoms with Gasteiger partial charge in [0.2, 0.25) is 17.8 Å². The second-order valence-corrected chi connectivity index (χ2v) is 9.27. The summed E-state index contributed by atoms with van der Waals surface area (Å²) >= 11 is 0. The van der Waals surface area contributed by atoms with E-state index in [9.17, 15) is 14.0 Å². The van der Waals surface area contributed by atoms with Crippen molar-refractivity contribution in [2.24, 2.45) is 0 Å². The summed E-state index contributed by atoms with van der Waals surface area (Å²) in [5.74, 6) is 0.494. The van der Waals surface area contributed by atoms with Gasteiger partial charge in [0, 0.05) is 81.4 Å². The predicted octanol–water partition coefficient (Wildman–Crippen LogP) is 2.54. The van der Waals surface area contributed by atoms with Crippen molar-refractivity contribution >= 4 is 23.5 Å². The number of aromatic nitrogens is 2. The minimum Gasteiger partial charge on any atom is -0.367 e. The average Bonchev–Trinajstić information content (AvgIpc) is 3.41. The van der Waals surface area contributed by atoms with E-state index in [0.29, 0.717) is 39.1 Å². The molecule has 180 valence electrons. The number of hydrogen-bond acceptors (Lipinski definition) is 6. The van der Waals surface area contributed by atoms with E-state index in [1.54, 1.807) is 23.4 Å². The fourth-order valence-electron chi connectivity index (χ4n) is 5.04. The SMILES string of the molecule is O=C(CN1CCCCC1=O)N1CCN(c2ccc(F)cc2-c2cnc(N3CCCC3)nc2)CC1. The summed E-state index contributed by atoms with van der Waals surface area (Å²) in [6.07, 6.45) is 8.26. The lowest BCUT2D eigenvalue weighted by Crippen LogP contribution is -2.52. The van der Waals surface area contributed by atoms with Gasteiger partial charge >= 0.3 is 0 Å². The van der Waals surface area contributed by atoms with Gasteiger partial charge < -0.3 is 19.6 Å². The van der Waals surface area contributed by atoms with Crippen molar-refractivity contribution in [3.8, 4) is 11.1 Å². The van der Waals surface area contributed by atoms with E-state index in [2.05, 4.69) is 19.8 Å². The molecule has 0 saturated carbocycles. The zero-order valence-electron chi connectivity index (χ0n) is 19.5. The van der Waals surface area contributed by atoms with Crippen LogP contribution >= 0.6 is 0 Å². The first-order chi connectivity index (χ1) is 16.6. The van der Waals surface area contributed by atoms with Crippen LogP contribution in [0.5, 0.6) is 0 Å². The van der Waals surface area contributed by atoms with Crippen molar-refractivity contribution in [2.45, 2.75) is 32.1 Å². The number of piperidine rings is 1. The molecule has 9 heteroatoms. The van der Waals surface area contributed by atoms with E-state index in [-0.39, 0.29) is 24.2 Å². The molecule has 1 aromatic heterocycles. The molecule has 3 aliphatic rings. The summed E-state index contributed by atoms with van der Waals surface area (Å²) in [5, 5.41) is 0. The Morgan fingerprint density at radius 3 is 2.29 bits per heavy atom. The molecule has 0 bridgehead atoms. The number of piperazine rings is 1. The first-order valence-electron chi connectivity index (χ1n) is 12.3. The van der Waals surface area contributed by atoms with Crippen molar-refractivity contribution in [3.05, 3.63) is 36.4 Å². The van der Waals surface area contributed by atoms with Gasteiger partial charge in [-0.2, -0.15) is 0 Å². The minimum atomic E-state index is -0.303. The second kappa shape index (κ2) is 9.95. The van der Waals surface area contributed by atoms with Crippen LogP contribution in [0.25, 0.3) is 11.1 Å². The van der Waals surface area contributed by atoms with Gasteiger partial charge in [-0.25, -0.2) is 14.4 Å². The molecule has 5 rings (SSSR count). The third-order valence-corrected chi connectivity index (χ3v) is 7.02. The average molecular weight is 467 g/mol. The molecule has 34 heavy (non-hydrogen) atoms. The van der Waals surface area contributed by atoms with Crippen LogP contribution in [0, 0.1) is 5.82 Å². The van der Waals surface area contributed by atoms with Crippen LogP contribution in [0.3, 0.4) is 0 Å². The van der Waals surface area contributed by atoms with E-state index in [1.165, 1.54) is 12.1 Å². The highest BCUT2D eigenvalue weighted by Gasteiger charge is 2.27. The molecule has 0 atom stereocenters. The number of benzene rings is 1. The van der Waals surface area contributed by atoms with Gasteiger partial charge in [-0.1, -0.05) is 0 Å². The Morgan fingerprint density at radius 1 is 0.882 bits per heavy atom. The lowest BCUT2D eigenvalue weighted by Gasteiger charge is -2.38. The third-order valence-electron chi connectivity index (χ3n) is 7.02. The highest BCUT2D eigenvalue weighted by Crippen LogP contribution is 2.32. The number of carbonyl (C=O) groups is 2. The van der Waals surface area contributed by atoms with Crippen LogP contribution in [-0.4, -0.2) is 83.9 Å². The normalized spacial score (nSPS) is 19.1. The van der Waals surface area contributed by atoms with E-state index in [4.69, 9.17) is 0 Å². The van der Waals surface area contributed by atoms with Crippen LogP contribution in [0.2, 0.25) is 0 Å². The van der Waals surface area contributed by atoms with Gasteiger partial charge in [-0.3, -0.25) is 9.59 Å². The minimum absolute atomic E-state index is 0.000121. The van der Waals surface area contributed by atoms with Crippen LogP contribution in [0.1, 0.15) is 32.1 Å².